The van der Waals surface area contributed by atoms with Crippen molar-refractivity contribution in [2.75, 3.05) is 26.8 Å². The van der Waals surface area contributed by atoms with Gasteiger partial charge in [-0.25, -0.2) is 19.6 Å². The molecule has 3 heterocycles. The number of amides is 2. The van der Waals surface area contributed by atoms with Gasteiger partial charge in [-0.15, -0.1) is 0 Å². The molecule has 2 amide bonds. The summed E-state index contributed by atoms with van der Waals surface area (Å²) in [4.78, 5) is 50.3. The smallest absolute Gasteiger partial charge is 0.481 e. The maximum absolute atomic E-state index is 13.6. The Labute approximate surface area is 301 Å². The van der Waals surface area contributed by atoms with Gasteiger partial charge in [0.25, 0.3) is 5.91 Å². The molecule has 1 aliphatic heterocycles. The molecule has 264 valence electrons. The van der Waals surface area contributed by atoms with E-state index >= 15 is 0 Å². The van der Waals surface area contributed by atoms with Crippen molar-refractivity contribution >= 4 is 53.0 Å². The van der Waals surface area contributed by atoms with Gasteiger partial charge in [-0.2, -0.15) is 0 Å². The number of hydrogen-bond donors (Lipinski definition) is 0. The van der Waals surface area contributed by atoms with E-state index in [1.54, 1.807) is 63.6 Å². The third-order valence-corrected chi connectivity index (χ3v) is 8.65. The number of aromatic nitrogens is 2. The standard InChI is InChI=1S/C35H41Cl3N4O7/c1-34(2,3)48-32(44)42(22-14-17-41(18-15-22)27(43)20-47-33(45)49-35(4,5)6)19-21-11-12-26(40-31(21)46-7)25-10-8-9-23(28(25)36)24-13-16-39-30(38)29(24)37/h8-13,16,22H,14-15,17-20H2,1-7H3. The lowest BCUT2D eigenvalue weighted by atomic mass is 10.0. The highest BCUT2D eigenvalue weighted by Gasteiger charge is 2.33. The first-order valence-corrected chi connectivity index (χ1v) is 16.9. The molecule has 0 atom stereocenters. The van der Waals surface area contributed by atoms with Crippen LogP contribution in [0.15, 0.2) is 42.6 Å². The van der Waals surface area contributed by atoms with Crippen molar-refractivity contribution in [3.8, 4) is 28.3 Å². The van der Waals surface area contributed by atoms with Crippen LogP contribution in [0.4, 0.5) is 9.59 Å². The Bertz CT molecular complexity index is 1680. The van der Waals surface area contributed by atoms with Crippen LogP contribution in [0.25, 0.3) is 22.4 Å². The van der Waals surface area contributed by atoms with Crippen LogP contribution >= 0.6 is 34.8 Å². The van der Waals surface area contributed by atoms with Crippen LogP contribution in [0.1, 0.15) is 59.9 Å². The lowest BCUT2D eigenvalue weighted by Gasteiger charge is -2.39. The summed E-state index contributed by atoms with van der Waals surface area (Å²) in [7, 11) is 1.51. The van der Waals surface area contributed by atoms with E-state index in [0.29, 0.717) is 64.8 Å². The summed E-state index contributed by atoms with van der Waals surface area (Å²) in [6.45, 7) is 11.0. The fourth-order valence-electron chi connectivity index (χ4n) is 5.25. The molecular weight excluding hydrogens is 695 g/mol. The number of carbonyl (C=O) groups is 3. The van der Waals surface area contributed by atoms with Crippen LogP contribution in [-0.2, 0) is 25.5 Å². The van der Waals surface area contributed by atoms with Crippen molar-refractivity contribution < 1.29 is 33.3 Å². The molecule has 3 aromatic rings. The van der Waals surface area contributed by atoms with E-state index in [4.69, 9.17) is 58.7 Å². The van der Waals surface area contributed by atoms with Gasteiger partial charge in [-0.05, 0) is 72.6 Å². The van der Waals surface area contributed by atoms with Gasteiger partial charge in [-0.1, -0.05) is 53.0 Å². The molecule has 1 saturated heterocycles. The van der Waals surface area contributed by atoms with Crippen molar-refractivity contribution in [3.05, 3.63) is 63.4 Å². The van der Waals surface area contributed by atoms with Crippen LogP contribution in [0.3, 0.4) is 0 Å². The van der Waals surface area contributed by atoms with E-state index in [9.17, 15) is 14.4 Å². The number of hydrogen-bond acceptors (Lipinski definition) is 9. The number of pyridine rings is 2. The minimum absolute atomic E-state index is 0.143. The third-order valence-electron chi connectivity index (χ3n) is 7.47. The molecule has 4 rings (SSSR count). The molecule has 1 aliphatic rings. The van der Waals surface area contributed by atoms with Crippen molar-refractivity contribution in [2.24, 2.45) is 0 Å². The number of benzene rings is 1. The van der Waals surface area contributed by atoms with Gasteiger partial charge in [0.1, 0.15) is 16.4 Å². The number of likely N-dealkylation sites (tertiary alicyclic amines) is 1. The van der Waals surface area contributed by atoms with Gasteiger partial charge < -0.3 is 28.7 Å². The molecule has 14 heteroatoms. The van der Waals surface area contributed by atoms with Gasteiger partial charge in [0, 0.05) is 47.6 Å². The molecular formula is C35H41Cl3N4O7. The monoisotopic (exact) mass is 734 g/mol. The SMILES string of the molecule is COc1nc(-c2cccc(-c3ccnc(Cl)c3Cl)c2Cl)ccc1CN(C(=O)OC(C)(C)C)C1CCN(C(=O)COC(=O)OC(C)(C)C)CC1. The highest BCUT2D eigenvalue weighted by Crippen LogP contribution is 2.40. The summed E-state index contributed by atoms with van der Waals surface area (Å²) in [5.41, 5.74) is 1.67. The van der Waals surface area contributed by atoms with Crippen LogP contribution in [0, 0.1) is 0 Å². The van der Waals surface area contributed by atoms with Gasteiger partial charge in [0.05, 0.1) is 29.4 Å². The predicted octanol–water partition coefficient (Wildman–Crippen LogP) is 8.46. The molecule has 1 aromatic carbocycles. The Morgan fingerprint density at radius 3 is 2.14 bits per heavy atom. The molecule has 1 fully saturated rings. The number of piperidine rings is 1. The predicted molar refractivity (Wildman–Crippen MR) is 188 cm³/mol. The summed E-state index contributed by atoms with van der Waals surface area (Å²) < 4.78 is 21.6. The summed E-state index contributed by atoms with van der Waals surface area (Å²) in [6, 6.07) is 10.6. The Morgan fingerprint density at radius 2 is 1.51 bits per heavy atom. The van der Waals surface area contributed by atoms with Crippen LogP contribution in [-0.4, -0.2) is 82.0 Å². The van der Waals surface area contributed by atoms with E-state index < -0.39 is 30.1 Å². The lowest BCUT2D eigenvalue weighted by Crippen LogP contribution is -2.50. The fraction of sp³-hybridized carbons (Fsp3) is 0.457. The Hall–Kier alpha value is -3.80. The highest BCUT2D eigenvalue weighted by molar-refractivity contribution is 6.43. The molecule has 0 saturated carbocycles. The van der Waals surface area contributed by atoms with E-state index in [0.717, 1.165) is 0 Å². The van der Waals surface area contributed by atoms with Gasteiger partial charge in [-0.3, -0.25) is 4.79 Å². The van der Waals surface area contributed by atoms with Crippen molar-refractivity contribution in [3.63, 3.8) is 0 Å². The van der Waals surface area contributed by atoms with E-state index in [2.05, 4.69) is 4.98 Å². The highest BCUT2D eigenvalue weighted by atomic mass is 35.5. The van der Waals surface area contributed by atoms with Crippen LogP contribution < -0.4 is 4.74 Å². The van der Waals surface area contributed by atoms with Crippen molar-refractivity contribution in [1.82, 2.24) is 19.8 Å². The lowest BCUT2D eigenvalue weighted by molar-refractivity contribution is -0.137. The first-order valence-electron chi connectivity index (χ1n) is 15.7. The zero-order chi connectivity index (χ0) is 36.1. The number of rotatable bonds is 8. The molecule has 0 radical (unpaired) electrons. The second-order valence-corrected chi connectivity index (χ2v) is 14.6. The quantitative estimate of drug-likeness (QED) is 0.166. The second-order valence-electron chi connectivity index (χ2n) is 13.5. The zero-order valence-corrected chi connectivity index (χ0v) is 30.9. The fourth-order valence-corrected chi connectivity index (χ4v) is 5.94. The number of methoxy groups -OCH3 is 1. The Morgan fingerprint density at radius 1 is 0.878 bits per heavy atom. The number of ether oxygens (including phenoxy) is 4. The maximum Gasteiger partial charge on any atom is 0.509 e. The van der Waals surface area contributed by atoms with E-state index in [-0.39, 0.29) is 28.7 Å². The summed E-state index contributed by atoms with van der Waals surface area (Å²) in [5.74, 6) is -0.0314. The summed E-state index contributed by atoms with van der Waals surface area (Å²) in [6.07, 6.45) is 1.12. The molecule has 0 N–H and O–H groups in total. The Balaban J connectivity index is 1.53. The number of carbonyl (C=O) groups excluding carboxylic acids is 3. The maximum atomic E-state index is 13.6. The third kappa shape index (κ3) is 10.1. The average Bonchev–Trinajstić information content (AvgIpc) is 3.02. The molecule has 2 aromatic heterocycles. The van der Waals surface area contributed by atoms with E-state index in [1.165, 1.54) is 7.11 Å². The largest absolute Gasteiger partial charge is 0.509 e. The van der Waals surface area contributed by atoms with E-state index in [1.807, 2.05) is 30.3 Å². The molecule has 11 nitrogen and oxygen atoms in total. The molecule has 0 unspecified atom stereocenters. The number of nitrogens with zero attached hydrogens (tertiary/aromatic N) is 4. The first kappa shape index (κ1) is 38.0. The minimum atomic E-state index is -0.904. The molecule has 49 heavy (non-hydrogen) atoms. The second kappa shape index (κ2) is 15.8. The average molecular weight is 736 g/mol. The molecule has 0 aliphatic carbocycles. The normalized spacial score (nSPS) is 13.9. The first-order chi connectivity index (χ1) is 23.0. The number of halogens is 3. The summed E-state index contributed by atoms with van der Waals surface area (Å²) in [5, 5.41) is 0.877. The molecule has 0 bridgehead atoms. The zero-order valence-electron chi connectivity index (χ0n) is 28.6. The summed E-state index contributed by atoms with van der Waals surface area (Å²) >= 11 is 19.5. The molecule has 0 spiro atoms. The van der Waals surface area contributed by atoms with Crippen molar-refractivity contribution in [2.45, 2.75) is 78.2 Å². The van der Waals surface area contributed by atoms with Crippen molar-refractivity contribution in [1.29, 1.82) is 0 Å². The minimum Gasteiger partial charge on any atom is -0.481 e. The van der Waals surface area contributed by atoms with Crippen LogP contribution in [0.5, 0.6) is 5.88 Å². The van der Waals surface area contributed by atoms with Crippen LogP contribution in [0.2, 0.25) is 15.2 Å². The Kier molecular flexibility index (Phi) is 12.3. The van der Waals surface area contributed by atoms with Gasteiger partial charge in [0.2, 0.25) is 5.88 Å². The van der Waals surface area contributed by atoms with Gasteiger partial charge >= 0.3 is 12.2 Å². The van der Waals surface area contributed by atoms with Gasteiger partial charge in [0.15, 0.2) is 6.61 Å². The topological polar surface area (TPSA) is 120 Å².